The highest BCUT2D eigenvalue weighted by molar-refractivity contribution is 5.44. The van der Waals surface area contributed by atoms with Crippen molar-refractivity contribution in [2.45, 2.75) is 13.3 Å². The lowest BCUT2D eigenvalue weighted by atomic mass is 10.3. The van der Waals surface area contributed by atoms with Crippen molar-refractivity contribution >= 4 is 5.69 Å². The molecule has 0 aromatic carbocycles. The highest BCUT2D eigenvalue weighted by Crippen LogP contribution is 2.14. The van der Waals surface area contributed by atoms with E-state index in [1.807, 2.05) is 20.0 Å². The van der Waals surface area contributed by atoms with E-state index in [9.17, 15) is 0 Å². The van der Waals surface area contributed by atoms with Crippen molar-refractivity contribution in [2.24, 2.45) is 0 Å². The van der Waals surface area contributed by atoms with E-state index in [2.05, 4.69) is 16.9 Å². The molecule has 3 nitrogen and oxygen atoms in total. The van der Waals surface area contributed by atoms with Gasteiger partial charge in [-0.1, -0.05) is 5.57 Å². The van der Waals surface area contributed by atoms with Crippen molar-refractivity contribution in [1.82, 2.24) is 4.98 Å². The normalized spacial score (nSPS) is 9.57. The van der Waals surface area contributed by atoms with Crippen LogP contribution in [0.3, 0.4) is 0 Å². The SMILES string of the molecule is C=C(C)CCOc1cncc(NC)c1. The molecule has 1 N–H and O–H groups in total. The molecule has 1 heterocycles. The Balaban J connectivity index is 2.46. The second-order valence-corrected chi connectivity index (χ2v) is 3.21. The maximum atomic E-state index is 5.50. The van der Waals surface area contributed by atoms with Gasteiger partial charge in [0.05, 0.1) is 24.7 Å². The van der Waals surface area contributed by atoms with Crippen molar-refractivity contribution in [2.75, 3.05) is 19.0 Å². The Morgan fingerprint density at radius 3 is 3.00 bits per heavy atom. The van der Waals surface area contributed by atoms with E-state index in [-0.39, 0.29) is 0 Å². The molecule has 1 aromatic rings. The number of anilines is 1. The molecule has 3 heteroatoms. The molecule has 0 aliphatic heterocycles. The molecule has 0 spiro atoms. The van der Waals surface area contributed by atoms with E-state index in [1.165, 1.54) is 0 Å². The standard InChI is InChI=1S/C11H16N2O/c1-9(2)4-5-14-11-6-10(12-3)7-13-8-11/h6-8,12H,1,4-5H2,2-3H3. The summed E-state index contributed by atoms with van der Waals surface area (Å²) in [6, 6.07) is 1.92. The van der Waals surface area contributed by atoms with Crippen molar-refractivity contribution < 1.29 is 4.74 Å². The van der Waals surface area contributed by atoms with Crippen LogP contribution in [-0.4, -0.2) is 18.6 Å². The zero-order chi connectivity index (χ0) is 10.4. The lowest BCUT2D eigenvalue weighted by Crippen LogP contribution is -1.98. The van der Waals surface area contributed by atoms with E-state index >= 15 is 0 Å². The number of nitrogens with one attached hydrogen (secondary N) is 1. The maximum absolute atomic E-state index is 5.50. The number of ether oxygens (including phenoxy) is 1. The van der Waals surface area contributed by atoms with Crippen LogP contribution < -0.4 is 10.1 Å². The molecule has 14 heavy (non-hydrogen) atoms. The minimum Gasteiger partial charge on any atom is -0.492 e. The number of rotatable bonds is 5. The van der Waals surface area contributed by atoms with Gasteiger partial charge in [-0.25, -0.2) is 0 Å². The second kappa shape index (κ2) is 5.27. The molecule has 0 aliphatic rings. The van der Waals surface area contributed by atoms with Gasteiger partial charge in [0.1, 0.15) is 5.75 Å². The number of hydrogen-bond donors (Lipinski definition) is 1. The fraction of sp³-hybridized carbons (Fsp3) is 0.364. The summed E-state index contributed by atoms with van der Waals surface area (Å²) < 4.78 is 5.50. The summed E-state index contributed by atoms with van der Waals surface area (Å²) in [4.78, 5) is 4.04. The molecule has 0 aliphatic carbocycles. The van der Waals surface area contributed by atoms with Crippen LogP contribution in [0.15, 0.2) is 30.6 Å². The Kier molecular flexibility index (Phi) is 3.98. The largest absolute Gasteiger partial charge is 0.492 e. The Hall–Kier alpha value is -1.51. The van der Waals surface area contributed by atoms with Crippen LogP contribution in [0, 0.1) is 0 Å². The first-order valence-corrected chi connectivity index (χ1v) is 4.62. The van der Waals surface area contributed by atoms with Gasteiger partial charge in [0, 0.05) is 19.5 Å². The first kappa shape index (κ1) is 10.6. The topological polar surface area (TPSA) is 34.1 Å². The second-order valence-electron chi connectivity index (χ2n) is 3.21. The molecule has 0 atom stereocenters. The summed E-state index contributed by atoms with van der Waals surface area (Å²) in [5.74, 6) is 0.790. The number of aromatic nitrogens is 1. The molecule has 1 aromatic heterocycles. The third kappa shape index (κ3) is 3.47. The monoisotopic (exact) mass is 192 g/mol. The smallest absolute Gasteiger partial charge is 0.139 e. The average molecular weight is 192 g/mol. The van der Waals surface area contributed by atoms with Gasteiger partial charge in [0.2, 0.25) is 0 Å². The Morgan fingerprint density at radius 2 is 2.36 bits per heavy atom. The molecule has 0 bridgehead atoms. The van der Waals surface area contributed by atoms with E-state index in [0.29, 0.717) is 6.61 Å². The number of nitrogens with zero attached hydrogens (tertiary/aromatic N) is 1. The van der Waals surface area contributed by atoms with Crippen LogP contribution in [0.25, 0.3) is 0 Å². The van der Waals surface area contributed by atoms with Crippen LogP contribution in [0.5, 0.6) is 5.75 Å². The zero-order valence-corrected chi connectivity index (χ0v) is 8.71. The third-order valence-corrected chi connectivity index (χ3v) is 1.80. The maximum Gasteiger partial charge on any atom is 0.139 e. The predicted octanol–water partition coefficient (Wildman–Crippen LogP) is 2.47. The average Bonchev–Trinajstić information content (AvgIpc) is 2.18. The van der Waals surface area contributed by atoms with Crippen LogP contribution in [-0.2, 0) is 0 Å². The first-order valence-electron chi connectivity index (χ1n) is 4.62. The Morgan fingerprint density at radius 1 is 1.57 bits per heavy atom. The summed E-state index contributed by atoms with van der Waals surface area (Å²) in [5, 5.41) is 3.01. The van der Waals surface area contributed by atoms with E-state index in [1.54, 1.807) is 12.4 Å². The fourth-order valence-corrected chi connectivity index (χ4v) is 0.978. The van der Waals surface area contributed by atoms with Gasteiger partial charge < -0.3 is 10.1 Å². The zero-order valence-electron chi connectivity index (χ0n) is 8.71. The molecular weight excluding hydrogens is 176 g/mol. The van der Waals surface area contributed by atoms with E-state index in [0.717, 1.165) is 23.4 Å². The van der Waals surface area contributed by atoms with E-state index < -0.39 is 0 Å². The fourth-order valence-electron chi connectivity index (χ4n) is 0.978. The minimum absolute atomic E-state index is 0.657. The molecule has 0 saturated heterocycles. The van der Waals surface area contributed by atoms with E-state index in [4.69, 9.17) is 4.74 Å². The van der Waals surface area contributed by atoms with Gasteiger partial charge in [-0.3, -0.25) is 4.98 Å². The summed E-state index contributed by atoms with van der Waals surface area (Å²) in [5.41, 5.74) is 2.08. The van der Waals surface area contributed by atoms with Crippen molar-refractivity contribution in [1.29, 1.82) is 0 Å². The van der Waals surface area contributed by atoms with Gasteiger partial charge in [-0.2, -0.15) is 0 Å². The van der Waals surface area contributed by atoms with Gasteiger partial charge in [0.15, 0.2) is 0 Å². The summed E-state index contributed by atoms with van der Waals surface area (Å²) in [6.45, 7) is 6.46. The predicted molar refractivity (Wildman–Crippen MR) is 58.7 cm³/mol. The molecule has 0 fully saturated rings. The molecular formula is C11H16N2O. The van der Waals surface area contributed by atoms with Crippen molar-refractivity contribution in [3.63, 3.8) is 0 Å². The summed E-state index contributed by atoms with van der Waals surface area (Å²) in [6.07, 6.45) is 4.34. The summed E-state index contributed by atoms with van der Waals surface area (Å²) >= 11 is 0. The Labute approximate surface area is 84.8 Å². The highest BCUT2D eigenvalue weighted by atomic mass is 16.5. The van der Waals surface area contributed by atoms with Gasteiger partial charge in [-0.15, -0.1) is 6.58 Å². The quantitative estimate of drug-likeness (QED) is 0.728. The molecule has 1 rings (SSSR count). The van der Waals surface area contributed by atoms with Crippen molar-refractivity contribution in [3.05, 3.63) is 30.6 Å². The summed E-state index contributed by atoms with van der Waals surface area (Å²) in [7, 11) is 1.86. The van der Waals surface area contributed by atoms with Gasteiger partial charge in [0.25, 0.3) is 0 Å². The Bertz CT molecular complexity index is 310. The van der Waals surface area contributed by atoms with Crippen molar-refractivity contribution in [3.8, 4) is 5.75 Å². The molecule has 0 amide bonds. The van der Waals surface area contributed by atoms with Crippen LogP contribution in [0.1, 0.15) is 13.3 Å². The van der Waals surface area contributed by atoms with Crippen LogP contribution >= 0.6 is 0 Å². The number of pyridine rings is 1. The van der Waals surface area contributed by atoms with Gasteiger partial charge >= 0.3 is 0 Å². The highest BCUT2D eigenvalue weighted by Gasteiger charge is 1.95. The third-order valence-electron chi connectivity index (χ3n) is 1.80. The van der Waals surface area contributed by atoms with Crippen LogP contribution in [0.2, 0.25) is 0 Å². The molecule has 76 valence electrons. The lowest BCUT2D eigenvalue weighted by Gasteiger charge is -2.06. The number of hydrogen-bond acceptors (Lipinski definition) is 3. The molecule has 0 radical (unpaired) electrons. The minimum atomic E-state index is 0.657. The first-order chi connectivity index (χ1) is 6.72. The molecule has 0 saturated carbocycles. The molecule has 0 unspecified atom stereocenters. The van der Waals surface area contributed by atoms with Crippen LogP contribution in [0.4, 0.5) is 5.69 Å². The lowest BCUT2D eigenvalue weighted by molar-refractivity contribution is 0.320. The van der Waals surface area contributed by atoms with Gasteiger partial charge in [-0.05, 0) is 6.92 Å².